The van der Waals surface area contributed by atoms with Gasteiger partial charge in [0.15, 0.2) is 0 Å². The molecule has 2 aromatic carbocycles. The van der Waals surface area contributed by atoms with Gasteiger partial charge in [0, 0.05) is 15.1 Å². The number of carbonyl (C=O) groups is 1. The van der Waals surface area contributed by atoms with Crippen molar-refractivity contribution in [3.63, 3.8) is 0 Å². The minimum absolute atomic E-state index is 0.145. The van der Waals surface area contributed by atoms with Crippen molar-refractivity contribution < 1.29 is 4.79 Å². The van der Waals surface area contributed by atoms with Crippen LogP contribution in [0, 0.1) is 6.92 Å². The minimum atomic E-state index is -0.145. The Morgan fingerprint density at radius 3 is 2.50 bits per heavy atom. The van der Waals surface area contributed by atoms with Gasteiger partial charge in [-0.1, -0.05) is 30.7 Å². The van der Waals surface area contributed by atoms with Crippen LogP contribution in [-0.2, 0) is 6.42 Å². The highest BCUT2D eigenvalue weighted by Gasteiger charge is 2.10. The molecule has 2 aromatic rings. The molecular weight excluding hydrogens is 338 g/mol. The lowest BCUT2D eigenvalue weighted by atomic mass is 10.1. The second-order valence-corrected chi connectivity index (χ2v) is 5.85. The maximum Gasteiger partial charge on any atom is 0.255 e. The van der Waals surface area contributed by atoms with E-state index in [1.54, 1.807) is 6.07 Å². The molecule has 0 spiro atoms. The third-order valence-corrected chi connectivity index (χ3v) is 4.18. The SMILES string of the molecule is CCc1ccc(C(=O)Nc2cc(Cl)c(C)cc2Br)cc1. The topological polar surface area (TPSA) is 29.1 Å². The van der Waals surface area contributed by atoms with Gasteiger partial charge in [-0.25, -0.2) is 0 Å². The molecule has 0 heterocycles. The monoisotopic (exact) mass is 351 g/mol. The van der Waals surface area contributed by atoms with Crippen molar-refractivity contribution in [1.82, 2.24) is 0 Å². The van der Waals surface area contributed by atoms with Crippen molar-refractivity contribution in [1.29, 1.82) is 0 Å². The van der Waals surface area contributed by atoms with Crippen molar-refractivity contribution in [2.45, 2.75) is 20.3 Å². The Balaban J connectivity index is 2.20. The van der Waals surface area contributed by atoms with Gasteiger partial charge in [0.1, 0.15) is 0 Å². The Bertz CT molecular complexity index is 638. The minimum Gasteiger partial charge on any atom is -0.321 e. The molecule has 0 aromatic heterocycles. The molecular formula is C16H15BrClNO. The molecule has 1 amide bonds. The highest BCUT2D eigenvalue weighted by Crippen LogP contribution is 2.29. The van der Waals surface area contributed by atoms with Crippen molar-refractivity contribution in [2.24, 2.45) is 0 Å². The fourth-order valence-corrected chi connectivity index (χ4v) is 2.55. The number of aryl methyl sites for hydroxylation is 2. The zero-order valence-electron chi connectivity index (χ0n) is 11.3. The fraction of sp³-hybridized carbons (Fsp3) is 0.188. The molecule has 2 rings (SSSR count). The predicted molar refractivity (Wildman–Crippen MR) is 87.7 cm³/mol. The van der Waals surface area contributed by atoms with Gasteiger partial charge in [-0.15, -0.1) is 0 Å². The third-order valence-electron chi connectivity index (χ3n) is 3.12. The number of hydrogen-bond acceptors (Lipinski definition) is 1. The van der Waals surface area contributed by atoms with Gasteiger partial charge in [-0.05, 0) is 64.7 Å². The van der Waals surface area contributed by atoms with Gasteiger partial charge >= 0.3 is 0 Å². The molecule has 104 valence electrons. The number of carbonyl (C=O) groups excluding carboxylic acids is 1. The van der Waals surface area contributed by atoms with E-state index in [4.69, 9.17) is 11.6 Å². The largest absolute Gasteiger partial charge is 0.321 e. The first kappa shape index (κ1) is 15.1. The summed E-state index contributed by atoms with van der Waals surface area (Å²) in [5.74, 6) is -0.145. The third kappa shape index (κ3) is 3.41. The van der Waals surface area contributed by atoms with Gasteiger partial charge in [0.2, 0.25) is 0 Å². The Labute approximate surface area is 132 Å². The smallest absolute Gasteiger partial charge is 0.255 e. The second kappa shape index (κ2) is 6.42. The van der Waals surface area contributed by atoms with Crippen LogP contribution < -0.4 is 5.32 Å². The van der Waals surface area contributed by atoms with Gasteiger partial charge in [-0.2, -0.15) is 0 Å². The molecule has 0 unspecified atom stereocenters. The first-order valence-electron chi connectivity index (χ1n) is 6.37. The Hall–Kier alpha value is -1.32. The van der Waals surface area contributed by atoms with Crippen LogP contribution in [0.2, 0.25) is 5.02 Å². The van der Waals surface area contributed by atoms with Crippen LogP contribution in [0.3, 0.4) is 0 Å². The number of amides is 1. The van der Waals surface area contributed by atoms with Crippen LogP contribution in [-0.4, -0.2) is 5.91 Å². The second-order valence-electron chi connectivity index (χ2n) is 4.59. The first-order valence-corrected chi connectivity index (χ1v) is 7.54. The Kier molecular flexibility index (Phi) is 4.84. The lowest BCUT2D eigenvalue weighted by Crippen LogP contribution is -2.12. The molecule has 0 aliphatic rings. The van der Waals surface area contributed by atoms with E-state index in [1.165, 1.54) is 5.56 Å². The first-order chi connectivity index (χ1) is 9.51. The van der Waals surface area contributed by atoms with Crippen LogP contribution in [0.5, 0.6) is 0 Å². The molecule has 0 atom stereocenters. The van der Waals surface area contributed by atoms with Crippen LogP contribution in [0.25, 0.3) is 0 Å². The standard InChI is InChI=1S/C16H15BrClNO/c1-3-11-4-6-12(7-5-11)16(20)19-15-9-14(18)10(2)8-13(15)17/h4-9H,3H2,1-2H3,(H,19,20). The molecule has 0 radical (unpaired) electrons. The predicted octanol–water partition coefficient (Wildman–Crippen LogP) is 5.23. The number of benzene rings is 2. The van der Waals surface area contributed by atoms with Gasteiger partial charge < -0.3 is 5.32 Å². The van der Waals surface area contributed by atoms with E-state index in [-0.39, 0.29) is 5.91 Å². The number of rotatable bonds is 3. The van der Waals surface area contributed by atoms with Crippen molar-refractivity contribution in [2.75, 3.05) is 5.32 Å². The highest BCUT2D eigenvalue weighted by atomic mass is 79.9. The normalized spacial score (nSPS) is 10.4. The van der Waals surface area contributed by atoms with Gasteiger partial charge in [-0.3, -0.25) is 4.79 Å². The summed E-state index contributed by atoms with van der Waals surface area (Å²) in [4.78, 5) is 12.2. The number of anilines is 1. The fourth-order valence-electron chi connectivity index (χ4n) is 1.83. The quantitative estimate of drug-likeness (QED) is 0.805. The van der Waals surface area contributed by atoms with Crippen molar-refractivity contribution in [3.8, 4) is 0 Å². The van der Waals surface area contributed by atoms with E-state index < -0.39 is 0 Å². The van der Waals surface area contributed by atoms with Crippen LogP contribution >= 0.6 is 27.5 Å². The van der Waals surface area contributed by atoms with E-state index >= 15 is 0 Å². The molecule has 1 N–H and O–H groups in total. The summed E-state index contributed by atoms with van der Waals surface area (Å²) in [6, 6.07) is 11.2. The molecule has 0 saturated heterocycles. The summed E-state index contributed by atoms with van der Waals surface area (Å²) in [6.07, 6.45) is 0.959. The number of nitrogens with one attached hydrogen (secondary N) is 1. The maximum atomic E-state index is 12.2. The summed E-state index contributed by atoms with van der Waals surface area (Å²) >= 11 is 9.51. The summed E-state index contributed by atoms with van der Waals surface area (Å²) < 4.78 is 0.818. The maximum absolute atomic E-state index is 12.2. The Morgan fingerprint density at radius 2 is 1.90 bits per heavy atom. The van der Waals surface area contributed by atoms with Gasteiger partial charge in [0.05, 0.1) is 5.69 Å². The van der Waals surface area contributed by atoms with Crippen molar-refractivity contribution >= 4 is 39.1 Å². The van der Waals surface area contributed by atoms with E-state index in [9.17, 15) is 4.79 Å². The summed E-state index contributed by atoms with van der Waals surface area (Å²) in [5, 5.41) is 3.49. The summed E-state index contributed by atoms with van der Waals surface area (Å²) in [5.41, 5.74) is 3.47. The average Bonchev–Trinajstić information content (AvgIpc) is 2.44. The van der Waals surface area contributed by atoms with Gasteiger partial charge in [0.25, 0.3) is 5.91 Å². The molecule has 0 aliphatic carbocycles. The lowest BCUT2D eigenvalue weighted by molar-refractivity contribution is 0.102. The lowest BCUT2D eigenvalue weighted by Gasteiger charge is -2.10. The van der Waals surface area contributed by atoms with Crippen LogP contribution in [0.1, 0.15) is 28.4 Å². The highest BCUT2D eigenvalue weighted by molar-refractivity contribution is 9.10. The zero-order valence-corrected chi connectivity index (χ0v) is 13.7. The van der Waals surface area contributed by atoms with E-state index in [1.807, 2.05) is 37.3 Å². The molecule has 0 aliphatic heterocycles. The molecule has 0 bridgehead atoms. The summed E-state index contributed by atoms with van der Waals surface area (Å²) in [7, 11) is 0. The molecule has 4 heteroatoms. The van der Waals surface area contributed by atoms with Crippen LogP contribution in [0.4, 0.5) is 5.69 Å². The van der Waals surface area contributed by atoms with E-state index in [0.717, 1.165) is 16.5 Å². The summed E-state index contributed by atoms with van der Waals surface area (Å²) in [6.45, 7) is 4.00. The molecule has 0 fully saturated rings. The number of halogens is 2. The van der Waals surface area contributed by atoms with Crippen molar-refractivity contribution in [3.05, 3.63) is 62.6 Å². The molecule has 20 heavy (non-hydrogen) atoms. The molecule has 0 saturated carbocycles. The zero-order chi connectivity index (χ0) is 14.7. The molecule has 2 nitrogen and oxygen atoms in total. The van der Waals surface area contributed by atoms with Crippen LogP contribution in [0.15, 0.2) is 40.9 Å². The Morgan fingerprint density at radius 1 is 1.25 bits per heavy atom. The van der Waals surface area contributed by atoms with E-state index in [0.29, 0.717) is 16.3 Å². The van der Waals surface area contributed by atoms with E-state index in [2.05, 4.69) is 28.2 Å². The average molecular weight is 353 g/mol. The number of hydrogen-bond donors (Lipinski definition) is 1.